The van der Waals surface area contributed by atoms with Gasteiger partial charge in [0.25, 0.3) is 0 Å². The molecule has 3 N–H and O–H groups in total. The van der Waals surface area contributed by atoms with Crippen molar-refractivity contribution in [3.05, 3.63) is 18.0 Å². The lowest BCUT2D eigenvalue weighted by Crippen LogP contribution is -2.43. The Morgan fingerprint density at radius 1 is 1.64 bits per heavy atom. The van der Waals surface area contributed by atoms with Gasteiger partial charge in [-0.1, -0.05) is 0 Å². The molecule has 0 bridgehead atoms. The molecule has 0 aromatic carbocycles. The summed E-state index contributed by atoms with van der Waals surface area (Å²) in [6.45, 7) is 0.922. The van der Waals surface area contributed by atoms with E-state index in [-0.39, 0.29) is 6.04 Å². The molecule has 0 amide bonds. The van der Waals surface area contributed by atoms with Crippen LogP contribution in [-0.4, -0.2) is 41.4 Å². The molecule has 1 rings (SSSR count). The summed E-state index contributed by atoms with van der Waals surface area (Å²) in [4.78, 5) is 2.11. The molecule has 0 spiro atoms. The average molecular weight is 197 g/mol. The summed E-state index contributed by atoms with van der Waals surface area (Å²) in [5.41, 5.74) is 4.02. The summed E-state index contributed by atoms with van der Waals surface area (Å²) in [6, 6.07) is 0.272. The SMILES string of the molecule is CN(C)CC(Cc1cnn(C)c1)NN. The number of likely N-dealkylation sites (N-methyl/N-ethyl adjacent to an activating group) is 1. The monoisotopic (exact) mass is 197 g/mol. The zero-order valence-electron chi connectivity index (χ0n) is 9.07. The highest BCUT2D eigenvalue weighted by molar-refractivity contribution is 5.05. The van der Waals surface area contributed by atoms with Gasteiger partial charge < -0.3 is 4.90 Å². The Labute approximate surface area is 84.8 Å². The third-order valence-electron chi connectivity index (χ3n) is 2.06. The number of nitrogens with two attached hydrogens (primary N) is 1. The van der Waals surface area contributed by atoms with Crippen LogP contribution in [0, 0.1) is 0 Å². The highest BCUT2D eigenvalue weighted by atomic mass is 15.3. The van der Waals surface area contributed by atoms with Crippen LogP contribution in [0.2, 0.25) is 0 Å². The summed E-state index contributed by atoms with van der Waals surface area (Å²) in [5.74, 6) is 5.47. The van der Waals surface area contributed by atoms with Gasteiger partial charge in [-0.25, -0.2) is 0 Å². The molecular formula is C9H19N5. The highest BCUT2D eigenvalue weighted by Crippen LogP contribution is 2.01. The largest absolute Gasteiger partial charge is 0.308 e. The van der Waals surface area contributed by atoms with Crippen molar-refractivity contribution in [2.45, 2.75) is 12.5 Å². The van der Waals surface area contributed by atoms with Gasteiger partial charge in [0, 0.05) is 25.8 Å². The molecule has 1 atom stereocenters. The van der Waals surface area contributed by atoms with E-state index in [4.69, 9.17) is 5.84 Å². The number of hydrogen-bond donors (Lipinski definition) is 2. The van der Waals surface area contributed by atoms with E-state index in [1.807, 2.05) is 33.5 Å². The Balaban J connectivity index is 2.48. The molecule has 80 valence electrons. The first kappa shape index (κ1) is 11.2. The first-order valence-corrected chi connectivity index (χ1v) is 4.70. The summed E-state index contributed by atoms with van der Waals surface area (Å²) in [7, 11) is 5.99. The molecule has 0 aliphatic rings. The van der Waals surface area contributed by atoms with Gasteiger partial charge in [0.2, 0.25) is 0 Å². The lowest BCUT2D eigenvalue weighted by molar-refractivity contribution is 0.338. The fourth-order valence-corrected chi connectivity index (χ4v) is 1.48. The van der Waals surface area contributed by atoms with Crippen LogP contribution in [-0.2, 0) is 13.5 Å². The summed E-state index contributed by atoms with van der Waals surface area (Å²) < 4.78 is 1.80. The normalized spacial score (nSPS) is 13.5. The van der Waals surface area contributed by atoms with Crippen molar-refractivity contribution < 1.29 is 0 Å². The van der Waals surface area contributed by atoms with Crippen LogP contribution < -0.4 is 11.3 Å². The minimum absolute atomic E-state index is 0.272. The highest BCUT2D eigenvalue weighted by Gasteiger charge is 2.09. The van der Waals surface area contributed by atoms with E-state index in [2.05, 4.69) is 15.4 Å². The lowest BCUT2D eigenvalue weighted by atomic mass is 10.1. The second-order valence-corrected chi connectivity index (χ2v) is 3.85. The minimum atomic E-state index is 0.272. The summed E-state index contributed by atoms with van der Waals surface area (Å²) in [6.07, 6.45) is 4.79. The van der Waals surface area contributed by atoms with Crippen molar-refractivity contribution in [3.63, 3.8) is 0 Å². The van der Waals surface area contributed by atoms with Crippen molar-refractivity contribution in [2.75, 3.05) is 20.6 Å². The average Bonchev–Trinajstić information content (AvgIpc) is 2.49. The number of aryl methyl sites for hydroxylation is 1. The van der Waals surface area contributed by atoms with Crippen LogP contribution >= 0.6 is 0 Å². The van der Waals surface area contributed by atoms with Gasteiger partial charge in [0.15, 0.2) is 0 Å². The second kappa shape index (κ2) is 5.09. The van der Waals surface area contributed by atoms with Crippen LogP contribution in [0.5, 0.6) is 0 Å². The predicted molar refractivity (Wildman–Crippen MR) is 56.6 cm³/mol. The quantitative estimate of drug-likeness (QED) is 0.487. The number of nitrogens with zero attached hydrogens (tertiary/aromatic N) is 3. The molecular weight excluding hydrogens is 178 g/mol. The van der Waals surface area contributed by atoms with Crippen molar-refractivity contribution in [3.8, 4) is 0 Å². The van der Waals surface area contributed by atoms with Crippen molar-refractivity contribution >= 4 is 0 Å². The van der Waals surface area contributed by atoms with E-state index in [1.165, 1.54) is 5.56 Å². The number of aromatic nitrogens is 2. The second-order valence-electron chi connectivity index (χ2n) is 3.85. The standard InChI is InChI=1S/C9H19N5/c1-13(2)7-9(12-10)4-8-5-11-14(3)6-8/h5-6,9,12H,4,7,10H2,1-3H3. The molecule has 0 aliphatic carbocycles. The maximum absolute atomic E-state index is 5.47. The third-order valence-corrected chi connectivity index (χ3v) is 2.06. The Morgan fingerprint density at radius 2 is 2.36 bits per heavy atom. The Morgan fingerprint density at radius 3 is 2.79 bits per heavy atom. The Hall–Kier alpha value is -0.910. The van der Waals surface area contributed by atoms with Gasteiger partial charge in [-0.05, 0) is 26.1 Å². The molecule has 1 unspecified atom stereocenters. The van der Waals surface area contributed by atoms with Crippen LogP contribution in [0.25, 0.3) is 0 Å². The number of hydrazine groups is 1. The number of rotatable bonds is 5. The predicted octanol–water partition coefficient (Wildman–Crippen LogP) is -0.644. The molecule has 1 aromatic heterocycles. The molecule has 0 radical (unpaired) electrons. The Bertz CT molecular complexity index is 268. The minimum Gasteiger partial charge on any atom is -0.308 e. The van der Waals surface area contributed by atoms with Gasteiger partial charge in [-0.2, -0.15) is 5.10 Å². The molecule has 1 heterocycles. The third kappa shape index (κ3) is 3.45. The van der Waals surface area contributed by atoms with Gasteiger partial charge in [0.1, 0.15) is 0 Å². The van der Waals surface area contributed by atoms with E-state index in [1.54, 1.807) is 4.68 Å². The van der Waals surface area contributed by atoms with Crippen LogP contribution in [0.3, 0.4) is 0 Å². The lowest BCUT2D eigenvalue weighted by Gasteiger charge is -2.19. The van der Waals surface area contributed by atoms with E-state index >= 15 is 0 Å². The van der Waals surface area contributed by atoms with Crippen LogP contribution in [0.1, 0.15) is 5.56 Å². The van der Waals surface area contributed by atoms with Crippen LogP contribution in [0.4, 0.5) is 0 Å². The molecule has 14 heavy (non-hydrogen) atoms. The zero-order valence-corrected chi connectivity index (χ0v) is 9.07. The van der Waals surface area contributed by atoms with E-state index in [0.29, 0.717) is 0 Å². The molecule has 5 heteroatoms. The molecule has 0 saturated carbocycles. The van der Waals surface area contributed by atoms with Crippen molar-refractivity contribution in [1.82, 2.24) is 20.1 Å². The molecule has 0 aliphatic heterocycles. The smallest absolute Gasteiger partial charge is 0.0522 e. The number of nitrogens with one attached hydrogen (secondary N) is 1. The fraction of sp³-hybridized carbons (Fsp3) is 0.667. The van der Waals surface area contributed by atoms with Gasteiger partial charge in [-0.15, -0.1) is 0 Å². The Kier molecular flexibility index (Phi) is 4.06. The van der Waals surface area contributed by atoms with Crippen LogP contribution in [0.15, 0.2) is 12.4 Å². The molecule has 0 fully saturated rings. The van der Waals surface area contributed by atoms with Crippen molar-refractivity contribution in [2.24, 2.45) is 12.9 Å². The first-order chi connectivity index (χ1) is 6.61. The maximum atomic E-state index is 5.47. The summed E-state index contributed by atoms with van der Waals surface area (Å²) >= 11 is 0. The molecule has 5 nitrogen and oxygen atoms in total. The van der Waals surface area contributed by atoms with E-state index in [9.17, 15) is 0 Å². The van der Waals surface area contributed by atoms with E-state index in [0.717, 1.165) is 13.0 Å². The van der Waals surface area contributed by atoms with E-state index < -0.39 is 0 Å². The summed E-state index contributed by atoms with van der Waals surface area (Å²) in [5, 5.41) is 4.12. The molecule has 1 aromatic rings. The van der Waals surface area contributed by atoms with Crippen molar-refractivity contribution in [1.29, 1.82) is 0 Å². The topological polar surface area (TPSA) is 59.1 Å². The van der Waals surface area contributed by atoms with Gasteiger partial charge in [-0.3, -0.25) is 16.0 Å². The maximum Gasteiger partial charge on any atom is 0.0522 e. The van der Waals surface area contributed by atoms with Gasteiger partial charge >= 0.3 is 0 Å². The fourth-order valence-electron chi connectivity index (χ4n) is 1.48. The zero-order chi connectivity index (χ0) is 10.6. The number of hydrogen-bond acceptors (Lipinski definition) is 4. The first-order valence-electron chi connectivity index (χ1n) is 4.70. The molecule has 0 saturated heterocycles. The van der Waals surface area contributed by atoms with Gasteiger partial charge in [0.05, 0.1) is 6.20 Å².